The van der Waals surface area contributed by atoms with Crippen LogP contribution in [-0.2, 0) is 12.8 Å². The number of thiazole rings is 2. The molecule has 0 saturated heterocycles. The van der Waals surface area contributed by atoms with Crippen molar-refractivity contribution >= 4 is 22.7 Å². The van der Waals surface area contributed by atoms with Crippen LogP contribution in [0.2, 0.25) is 0 Å². The van der Waals surface area contributed by atoms with Crippen LogP contribution in [0.5, 0.6) is 0 Å². The summed E-state index contributed by atoms with van der Waals surface area (Å²) in [4.78, 5) is 8.69. The third-order valence-corrected chi connectivity index (χ3v) is 3.89. The van der Waals surface area contributed by atoms with Crippen molar-refractivity contribution in [3.8, 4) is 0 Å². The van der Waals surface area contributed by atoms with Crippen molar-refractivity contribution < 1.29 is 0 Å². The Morgan fingerprint density at radius 2 is 2.31 bits per heavy atom. The second kappa shape index (κ2) is 5.49. The summed E-state index contributed by atoms with van der Waals surface area (Å²) in [6, 6.07) is 0.202. The topological polar surface area (TPSA) is 63.8 Å². The number of rotatable bonds is 5. The van der Waals surface area contributed by atoms with Gasteiger partial charge in [-0.3, -0.25) is 11.3 Å². The molecule has 0 aliphatic heterocycles. The molecule has 2 aromatic rings. The smallest absolute Gasteiger partial charge is 0.0940 e. The summed E-state index contributed by atoms with van der Waals surface area (Å²) in [5, 5.41) is 6.27. The van der Waals surface area contributed by atoms with Crippen LogP contribution in [0, 0.1) is 6.92 Å². The average molecular weight is 254 g/mol. The van der Waals surface area contributed by atoms with Crippen molar-refractivity contribution in [3.63, 3.8) is 0 Å². The lowest BCUT2D eigenvalue weighted by atomic mass is 10.1. The molecule has 1 unspecified atom stereocenters. The van der Waals surface area contributed by atoms with Crippen LogP contribution in [-0.4, -0.2) is 16.0 Å². The first-order valence-corrected chi connectivity index (χ1v) is 6.79. The zero-order valence-electron chi connectivity index (χ0n) is 9.01. The van der Waals surface area contributed by atoms with Crippen molar-refractivity contribution in [3.05, 3.63) is 32.7 Å². The molecule has 6 heteroatoms. The second-order valence-electron chi connectivity index (χ2n) is 3.56. The molecular formula is C10H14N4S2. The predicted molar refractivity (Wildman–Crippen MR) is 67.5 cm³/mol. The van der Waals surface area contributed by atoms with Gasteiger partial charge in [0.25, 0.3) is 0 Å². The maximum absolute atomic E-state index is 5.55. The first kappa shape index (κ1) is 11.7. The molecule has 4 nitrogen and oxygen atoms in total. The standard InChI is InChI=1S/C10H14N4S2/c1-7-13-9(6-16-7)4-8(14-11)5-10-12-2-3-15-10/h2-3,6,8,14H,4-5,11H2,1H3. The Bertz CT molecular complexity index is 424. The Morgan fingerprint density at radius 1 is 1.44 bits per heavy atom. The van der Waals surface area contributed by atoms with Crippen LogP contribution in [0.1, 0.15) is 15.7 Å². The van der Waals surface area contributed by atoms with E-state index in [9.17, 15) is 0 Å². The molecule has 1 atom stereocenters. The number of aromatic nitrogens is 2. The summed E-state index contributed by atoms with van der Waals surface area (Å²) >= 11 is 3.33. The summed E-state index contributed by atoms with van der Waals surface area (Å²) in [6.07, 6.45) is 3.52. The highest BCUT2D eigenvalue weighted by molar-refractivity contribution is 7.09. The molecule has 0 aromatic carbocycles. The number of hydrogen-bond donors (Lipinski definition) is 2. The number of hydrogen-bond acceptors (Lipinski definition) is 6. The lowest BCUT2D eigenvalue weighted by Gasteiger charge is -2.12. The molecular weight excluding hydrogens is 240 g/mol. The van der Waals surface area contributed by atoms with E-state index >= 15 is 0 Å². The van der Waals surface area contributed by atoms with Crippen LogP contribution in [0.25, 0.3) is 0 Å². The summed E-state index contributed by atoms with van der Waals surface area (Å²) in [6.45, 7) is 2.01. The van der Waals surface area contributed by atoms with Gasteiger partial charge in [-0.2, -0.15) is 0 Å². The molecule has 0 aliphatic rings. The number of aryl methyl sites for hydroxylation is 1. The Balaban J connectivity index is 1.95. The minimum Gasteiger partial charge on any atom is -0.271 e. The SMILES string of the molecule is Cc1nc(CC(Cc2nccs2)NN)cs1. The van der Waals surface area contributed by atoms with Gasteiger partial charge < -0.3 is 0 Å². The molecule has 2 rings (SSSR count). The second-order valence-corrected chi connectivity index (χ2v) is 5.60. The van der Waals surface area contributed by atoms with Crippen LogP contribution in [0.4, 0.5) is 0 Å². The maximum Gasteiger partial charge on any atom is 0.0940 e. The normalized spacial score (nSPS) is 12.9. The summed E-state index contributed by atoms with van der Waals surface area (Å²) in [7, 11) is 0. The highest BCUT2D eigenvalue weighted by Gasteiger charge is 2.12. The zero-order valence-corrected chi connectivity index (χ0v) is 10.6. The van der Waals surface area contributed by atoms with Crippen molar-refractivity contribution in [1.82, 2.24) is 15.4 Å². The van der Waals surface area contributed by atoms with Gasteiger partial charge >= 0.3 is 0 Å². The van der Waals surface area contributed by atoms with Gasteiger partial charge in [0.1, 0.15) is 0 Å². The Morgan fingerprint density at radius 3 is 2.88 bits per heavy atom. The van der Waals surface area contributed by atoms with E-state index in [4.69, 9.17) is 5.84 Å². The van der Waals surface area contributed by atoms with Crippen LogP contribution >= 0.6 is 22.7 Å². The van der Waals surface area contributed by atoms with E-state index in [1.54, 1.807) is 22.7 Å². The fourth-order valence-electron chi connectivity index (χ4n) is 1.51. The molecule has 0 radical (unpaired) electrons. The van der Waals surface area contributed by atoms with E-state index in [1.165, 1.54) is 0 Å². The Labute approximate surface area is 103 Å². The van der Waals surface area contributed by atoms with Gasteiger partial charge in [-0.05, 0) is 6.92 Å². The maximum atomic E-state index is 5.55. The van der Waals surface area contributed by atoms with E-state index in [-0.39, 0.29) is 6.04 Å². The van der Waals surface area contributed by atoms with Gasteiger partial charge in [-0.15, -0.1) is 22.7 Å². The molecule has 0 aliphatic carbocycles. The lowest BCUT2D eigenvalue weighted by molar-refractivity contribution is 0.517. The highest BCUT2D eigenvalue weighted by Crippen LogP contribution is 2.13. The van der Waals surface area contributed by atoms with Gasteiger partial charge in [-0.1, -0.05) is 0 Å². The Hall–Kier alpha value is -0.820. The molecule has 2 aromatic heterocycles. The number of hydrazine groups is 1. The van der Waals surface area contributed by atoms with Crippen LogP contribution < -0.4 is 11.3 Å². The van der Waals surface area contributed by atoms with Crippen molar-refractivity contribution in [2.24, 2.45) is 5.84 Å². The highest BCUT2D eigenvalue weighted by atomic mass is 32.1. The average Bonchev–Trinajstić information content (AvgIpc) is 2.89. The first-order chi connectivity index (χ1) is 7.78. The third-order valence-electron chi connectivity index (χ3n) is 2.26. The van der Waals surface area contributed by atoms with Gasteiger partial charge in [0, 0.05) is 35.8 Å². The molecule has 0 bridgehead atoms. The minimum atomic E-state index is 0.202. The van der Waals surface area contributed by atoms with Crippen LogP contribution in [0.15, 0.2) is 17.0 Å². The zero-order chi connectivity index (χ0) is 11.4. The monoisotopic (exact) mass is 254 g/mol. The van der Waals surface area contributed by atoms with Gasteiger partial charge in [0.2, 0.25) is 0 Å². The summed E-state index contributed by atoms with van der Waals surface area (Å²) in [5.74, 6) is 5.55. The number of nitrogens with one attached hydrogen (secondary N) is 1. The largest absolute Gasteiger partial charge is 0.271 e. The van der Waals surface area contributed by atoms with E-state index in [2.05, 4.69) is 20.8 Å². The molecule has 0 amide bonds. The molecule has 0 spiro atoms. The van der Waals surface area contributed by atoms with E-state index < -0.39 is 0 Å². The lowest BCUT2D eigenvalue weighted by Crippen LogP contribution is -2.38. The van der Waals surface area contributed by atoms with E-state index in [1.807, 2.05) is 18.5 Å². The minimum absolute atomic E-state index is 0.202. The van der Waals surface area contributed by atoms with Gasteiger partial charge in [0.05, 0.1) is 15.7 Å². The first-order valence-electron chi connectivity index (χ1n) is 5.03. The third kappa shape index (κ3) is 3.08. The quantitative estimate of drug-likeness (QED) is 0.627. The van der Waals surface area contributed by atoms with Crippen molar-refractivity contribution in [2.45, 2.75) is 25.8 Å². The molecule has 86 valence electrons. The molecule has 16 heavy (non-hydrogen) atoms. The van der Waals surface area contributed by atoms with Gasteiger partial charge in [0.15, 0.2) is 0 Å². The van der Waals surface area contributed by atoms with Crippen LogP contribution in [0.3, 0.4) is 0 Å². The molecule has 3 N–H and O–H groups in total. The Kier molecular flexibility index (Phi) is 4.00. The van der Waals surface area contributed by atoms with Crippen molar-refractivity contribution in [1.29, 1.82) is 0 Å². The summed E-state index contributed by atoms with van der Waals surface area (Å²) in [5.41, 5.74) is 3.93. The van der Waals surface area contributed by atoms with E-state index in [0.717, 1.165) is 28.6 Å². The van der Waals surface area contributed by atoms with E-state index in [0.29, 0.717) is 0 Å². The summed E-state index contributed by atoms with van der Waals surface area (Å²) < 4.78 is 0. The molecule has 0 fully saturated rings. The fourth-order valence-corrected chi connectivity index (χ4v) is 2.83. The molecule has 0 saturated carbocycles. The predicted octanol–water partition coefficient (Wildman–Crippen LogP) is 1.53. The molecule has 2 heterocycles. The van der Waals surface area contributed by atoms with Gasteiger partial charge in [-0.25, -0.2) is 9.97 Å². The fraction of sp³-hybridized carbons (Fsp3) is 0.400. The number of nitrogens with zero attached hydrogens (tertiary/aromatic N) is 2. The van der Waals surface area contributed by atoms with Crippen molar-refractivity contribution in [2.75, 3.05) is 0 Å². The number of nitrogens with two attached hydrogens (primary N) is 1.